The second-order valence-corrected chi connectivity index (χ2v) is 8.49. The number of halogens is 2. The average Bonchev–Trinajstić information content (AvgIpc) is 3.16. The van der Waals surface area contributed by atoms with Crippen molar-refractivity contribution in [2.24, 2.45) is 5.73 Å². The molecular weight excluding hydrogens is 478 g/mol. The molecular formula is C25H20F2N2O5S. The van der Waals surface area contributed by atoms with Gasteiger partial charge in [-0.1, -0.05) is 36.4 Å². The molecule has 1 atom stereocenters. The van der Waals surface area contributed by atoms with Gasteiger partial charge >= 0.3 is 11.9 Å². The number of thiazole rings is 1. The van der Waals surface area contributed by atoms with Gasteiger partial charge in [-0.3, -0.25) is 9.36 Å². The first-order valence-corrected chi connectivity index (χ1v) is 11.3. The van der Waals surface area contributed by atoms with Gasteiger partial charge in [-0.05, 0) is 25.1 Å². The summed E-state index contributed by atoms with van der Waals surface area (Å²) in [5, 5.41) is 0. The molecule has 10 heteroatoms. The van der Waals surface area contributed by atoms with Crippen molar-refractivity contribution >= 4 is 40.7 Å². The topological polar surface area (TPSA) is 101 Å². The Morgan fingerprint density at radius 2 is 1.71 bits per heavy atom. The Bertz CT molecular complexity index is 1550. The summed E-state index contributed by atoms with van der Waals surface area (Å²) in [6.07, 6.45) is 1.32. The molecule has 0 saturated carbocycles. The number of aromatic nitrogens is 1. The molecule has 1 aromatic heterocycles. The lowest BCUT2D eigenvalue weighted by atomic mass is 9.83. The van der Waals surface area contributed by atoms with Crippen molar-refractivity contribution in [3.8, 4) is 0 Å². The first-order chi connectivity index (χ1) is 16.8. The smallest absolute Gasteiger partial charge is 0.338 e. The number of ether oxygens (including phenoxy) is 2. The third-order valence-corrected chi connectivity index (χ3v) is 6.57. The van der Waals surface area contributed by atoms with Crippen molar-refractivity contribution in [3.63, 3.8) is 0 Å². The van der Waals surface area contributed by atoms with Crippen LogP contribution in [-0.2, 0) is 19.1 Å². The molecule has 0 saturated heterocycles. The summed E-state index contributed by atoms with van der Waals surface area (Å²) in [5.41, 5.74) is 5.29. The van der Waals surface area contributed by atoms with Crippen LogP contribution in [0.3, 0.4) is 0 Å². The molecule has 35 heavy (non-hydrogen) atoms. The van der Waals surface area contributed by atoms with Gasteiger partial charge in [0.1, 0.15) is 22.1 Å². The Morgan fingerprint density at radius 3 is 2.34 bits per heavy atom. The summed E-state index contributed by atoms with van der Waals surface area (Å²) in [5.74, 6) is -4.67. The molecule has 0 unspecified atom stereocenters. The highest BCUT2D eigenvalue weighted by Crippen LogP contribution is 2.38. The molecule has 2 aromatic carbocycles. The molecule has 4 rings (SSSR count). The Morgan fingerprint density at radius 1 is 1.06 bits per heavy atom. The van der Waals surface area contributed by atoms with E-state index in [1.165, 1.54) is 42.5 Å². The fourth-order valence-electron chi connectivity index (χ4n) is 3.92. The van der Waals surface area contributed by atoms with E-state index in [9.17, 15) is 23.2 Å². The second-order valence-electron chi connectivity index (χ2n) is 7.46. The van der Waals surface area contributed by atoms with E-state index < -0.39 is 35.1 Å². The van der Waals surface area contributed by atoms with Crippen LogP contribution in [0.25, 0.3) is 17.5 Å². The molecule has 1 aliphatic heterocycles. The van der Waals surface area contributed by atoms with Crippen LogP contribution in [0.4, 0.5) is 8.78 Å². The fourth-order valence-corrected chi connectivity index (χ4v) is 5.07. The summed E-state index contributed by atoms with van der Waals surface area (Å²) in [6, 6.07) is 11.4. The minimum atomic E-state index is -1.30. The SMILES string of the molecule is CCOC(=O)C1=c2s/c(=C\c3ccccc3F)c(=O)n2C(N)=C(C(=O)OC)[C@@H]1c1ccccc1F. The number of hydrogen-bond acceptors (Lipinski definition) is 7. The lowest BCUT2D eigenvalue weighted by molar-refractivity contribution is -0.136. The molecule has 180 valence electrons. The maximum atomic E-state index is 15.0. The molecule has 1 aliphatic rings. The molecule has 0 fully saturated rings. The maximum absolute atomic E-state index is 15.0. The van der Waals surface area contributed by atoms with Crippen LogP contribution in [0.1, 0.15) is 24.0 Å². The molecule has 7 nitrogen and oxygen atoms in total. The van der Waals surface area contributed by atoms with Crippen LogP contribution in [-0.4, -0.2) is 30.2 Å². The monoisotopic (exact) mass is 498 g/mol. The van der Waals surface area contributed by atoms with E-state index in [0.29, 0.717) is 0 Å². The number of hydrogen-bond donors (Lipinski definition) is 1. The zero-order valence-corrected chi connectivity index (χ0v) is 19.5. The summed E-state index contributed by atoms with van der Waals surface area (Å²) < 4.78 is 40.4. The first kappa shape index (κ1) is 24.1. The highest BCUT2D eigenvalue weighted by Gasteiger charge is 2.40. The standard InChI is InChI=1S/C25H20F2N2O5S/c1-3-34-25(32)20-18(14-9-5-7-11-16(14)27)19(24(31)33-2)21(28)29-22(30)17(35-23(20)29)12-13-8-4-6-10-15(13)26/h4-12,18H,3,28H2,1-2H3/b17-12-/t18-/m0/s1. The van der Waals surface area contributed by atoms with Gasteiger partial charge in [-0.2, -0.15) is 0 Å². The number of rotatable bonds is 5. The van der Waals surface area contributed by atoms with E-state index in [2.05, 4.69) is 0 Å². The number of fused-ring (bicyclic) bond motifs is 1. The zero-order chi connectivity index (χ0) is 25.3. The van der Waals surface area contributed by atoms with Gasteiger partial charge in [0.25, 0.3) is 5.56 Å². The van der Waals surface area contributed by atoms with E-state index in [0.717, 1.165) is 23.0 Å². The van der Waals surface area contributed by atoms with Crippen molar-refractivity contribution < 1.29 is 27.8 Å². The predicted molar refractivity (Wildman–Crippen MR) is 126 cm³/mol. The van der Waals surface area contributed by atoms with E-state index in [1.54, 1.807) is 19.1 Å². The molecule has 0 amide bonds. The molecule has 2 heterocycles. The van der Waals surface area contributed by atoms with Crippen LogP contribution in [0, 0.1) is 11.6 Å². The number of esters is 2. The van der Waals surface area contributed by atoms with Crippen LogP contribution in [0.2, 0.25) is 0 Å². The van der Waals surface area contributed by atoms with Gasteiger partial charge < -0.3 is 15.2 Å². The van der Waals surface area contributed by atoms with Crippen molar-refractivity contribution in [2.45, 2.75) is 12.8 Å². The Hall–Kier alpha value is -4.05. The van der Waals surface area contributed by atoms with Crippen molar-refractivity contribution in [1.29, 1.82) is 0 Å². The Balaban J connectivity index is 2.16. The summed E-state index contributed by atoms with van der Waals surface area (Å²) >= 11 is 0.859. The number of methoxy groups -OCH3 is 1. The highest BCUT2D eigenvalue weighted by molar-refractivity contribution is 7.07. The lowest BCUT2D eigenvalue weighted by Gasteiger charge is -2.27. The second kappa shape index (κ2) is 9.67. The molecule has 0 aliphatic carbocycles. The van der Waals surface area contributed by atoms with E-state index >= 15 is 0 Å². The van der Waals surface area contributed by atoms with E-state index in [1.807, 2.05) is 0 Å². The number of nitrogens with two attached hydrogens (primary N) is 1. The molecule has 0 bridgehead atoms. The number of carbonyl (C=O) groups excluding carboxylic acids is 2. The maximum Gasteiger partial charge on any atom is 0.338 e. The predicted octanol–water partition coefficient (Wildman–Crippen LogP) is 1.83. The van der Waals surface area contributed by atoms with Gasteiger partial charge in [0, 0.05) is 11.1 Å². The molecule has 2 N–H and O–H groups in total. The largest absolute Gasteiger partial charge is 0.466 e. The minimum Gasteiger partial charge on any atom is -0.466 e. The van der Waals surface area contributed by atoms with Crippen molar-refractivity contribution in [1.82, 2.24) is 4.57 Å². The molecule has 3 aromatic rings. The van der Waals surface area contributed by atoms with Crippen molar-refractivity contribution in [2.75, 3.05) is 13.7 Å². The summed E-state index contributed by atoms with van der Waals surface area (Å²) in [7, 11) is 1.11. The summed E-state index contributed by atoms with van der Waals surface area (Å²) in [4.78, 5) is 39.4. The van der Waals surface area contributed by atoms with Gasteiger partial charge in [0.2, 0.25) is 0 Å². The van der Waals surface area contributed by atoms with Gasteiger partial charge in [-0.25, -0.2) is 18.4 Å². The average molecular weight is 499 g/mol. The van der Waals surface area contributed by atoms with Crippen LogP contribution in [0.15, 0.2) is 58.9 Å². The summed E-state index contributed by atoms with van der Waals surface area (Å²) in [6.45, 7) is 1.58. The lowest BCUT2D eigenvalue weighted by Crippen LogP contribution is -2.42. The highest BCUT2D eigenvalue weighted by atomic mass is 32.1. The van der Waals surface area contributed by atoms with Crippen LogP contribution in [0.5, 0.6) is 0 Å². The minimum absolute atomic E-state index is 0.0110. The van der Waals surface area contributed by atoms with Gasteiger partial charge in [-0.15, -0.1) is 11.3 Å². The van der Waals surface area contributed by atoms with E-state index in [4.69, 9.17) is 15.2 Å². The number of nitrogens with zero attached hydrogens (tertiary/aromatic N) is 1. The third kappa shape index (κ3) is 4.17. The zero-order valence-electron chi connectivity index (χ0n) is 18.7. The third-order valence-electron chi connectivity index (χ3n) is 5.46. The van der Waals surface area contributed by atoms with Gasteiger partial charge in [0.05, 0.1) is 35.3 Å². The quantitative estimate of drug-likeness (QED) is 0.539. The van der Waals surface area contributed by atoms with E-state index in [-0.39, 0.29) is 43.9 Å². The van der Waals surface area contributed by atoms with Crippen LogP contribution >= 0.6 is 11.3 Å². The van der Waals surface area contributed by atoms with Crippen molar-refractivity contribution in [3.05, 3.63) is 96.4 Å². The fraction of sp³-hybridized carbons (Fsp3) is 0.160. The number of benzene rings is 2. The number of carbonyl (C=O) groups is 2. The normalized spacial score (nSPS) is 15.7. The van der Waals surface area contributed by atoms with Gasteiger partial charge in [0.15, 0.2) is 0 Å². The van der Waals surface area contributed by atoms with Crippen LogP contribution < -0.4 is 20.5 Å². The molecule has 0 spiro atoms. The Labute approximate surface area is 202 Å². The molecule has 0 radical (unpaired) electrons. The first-order valence-electron chi connectivity index (χ1n) is 10.5. The Kier molecular flexibility index (Phi) is 6.65.